The van der Waals surface area contributed by atoms with Gasteiger partial charge in [0.15, 0.2) is 0 Å². The van der Waals surface area contributed by atoms with E-state index in [-0.39, 0.29) is 32.7 Å². The normalized spacial score (nSPS) is 8.84. The molecule has 0 atom stereocenters. The van der Waals surface area contributed by atoms with Crippen molar-refractivity contribution in [1.82, 2.24) is 0 Å². The molecule has 185 valence electrons. The molecule has 2 heteroatoms. The number of para-hydroxylation sites is 2. The molecule has 0 fully saturated rings. The van der Waals surface area contributed by atoms with Crippen LogP contribution in [0.2, 0.25) is 0 Å². The second-order valence-electron chi connectivity index (χ2n) is 7.50. The Morgan fingerprint density at radius 3 is 0.816 bits per heavy atom. The van der Waals surface area contributed by atoms with E-state index < -0.39 is 0 Å². The number of nitrogens with zero attached hydrogens (tertiary/aromatic N) is 1. The maximum atomic E-state index is 3.06. The van der Waals surface area contributed by atoms with Crippen molar-refractivity contribution in [3.05, 3.63) is 200 Å². The molecule has 0 N–H and O–H groups in total. The van der Waals surface area contributed by atoms with Crippen LogP contribution in [0.5, 0.6) is 0 Å². The summed E-state index contributed by atoms with van der Waals surface area (Å²) >= 11 is 0. The first kappa shape index (κ1) is 30.4. The molecule has 1 radical (unpaired) electrons. The monoisotopic (exact) mass is 564 g/mol. The van der Waals surface area contributed by atoms with Gasteiger partial charge in [0.1, 0.15) is 0 Å². The Bertz CT molecular complexity index is 1030. The van der Waals surface area contributed by atoms with E-state index in [1.54, 1.807) is 0 Å². The molecular weight excluding hydrogens is 535 g/mol. The smallest absolute Gasteiger partial charge is 0.0438 e. The molecule has 0 aliphatic rings. The van der Waals surface area contributed by atoms with Gasteiger partial charge in [-0.3, -0.25) is 0 Å². The maximum absolute atomic E-state index is 3.06. The van der Waals surface area contributed by atoms with Gasteiger partial charge < -0.3 is 4.90 Å². The third-order valence-electron chi connectivity index (χ3n) is 4.81. The molecule has 0 amide bonds. The van der Waals surface area contributed by atoms with Crippen molar-refractivity contribution in [1.29, 1.82) is 0 Å². The predicted octanol–water partition coefficient (Wildman–Crippen LogP) is 9.41. The molecule has 0 saturated carbocycles. The summed E-state index contributed by atoms with van der Waals surface area (Å²) in [6.07, 6.45) is 0. The SMILES string of the molecule is [Y].[c-]1ccc(N(c2ccccc2)c2ccccc2)cc1.[c-]1ccccc1.[c-]1ccccc1.[c-]1ccccc1. The van der Waals surface area contributed by atoms with Crippen LogP contribution < -0.4 is 4.90 Å². The minimum Gasteiger partial charge on any atom is -0.334 e. The van der Waals surface area contributed by atoms with Crippen molar-refractivity contribution < 1.29 is 32.7 Å². The van der Waals surface area contributed by atoms with Crippen molar-refractivity contribution in [2.45, 2.75) is 0 Å². The summed E-state index contributed by atoms with van der Waals surface area (Å²) in [5, 5.41) is 0. The zero-order chi connectivity index (χ0) is 25.6. The number of anilines is 3. The van der Waals surface area contributed by atoms with Crippen molar-refractivity contribution in [3.63, 3.8) is 0 Å². The second-order valence-corrected chi connectivity index (χ2v) is 7.50. The van der Waals surface area contributed by atoms with Crippen LogP contribution in [0.4, 0.5) is 17.1 Å². The van der Waals surface area contributed by atoms with Crippen molar-refractivity contribution in [2.24, 2.45) is 0 Å². The van der Waals surface area contributed by atoms with Gasteiger partial charge in [-0.05, 0) is 24.3 Å². The fourth-order valence-electron chi connectivity index (χ4n) is 3.15. The summed E-state index contributed by atoms with van der Waals surface area (Å²) in [6, 6.07) is 69.3. The van der Waals surface area contributed by atoms with E-state index in [0.29, 0.717) is 0 Å². The summed E-state index contributed by atoms with van der Waals surface area (Å²) in [6.45, 7) is 0. The Kier molecular flexibility index (Phi) is 16.3. The van der Waals surface area contributed by atoms with E-state index in [0.717, 1.165) is 17.1 Å². The first-order valence-electron chi connectivity index (χ1n) is 12.0. The van der Waals surface area contributed by atoms with Gasteiger partial charge in [0.25, 0.3) is 0 Å². The van der Waals surface area contributed by atoms with Gasteiger partial charge in [-0.15, -0.1) is 12.1 Å². The van der Waals surface area contributed by atoms with Crippen LogP contribution in [0, 0.1) is 24.3 Å². The Labute approximate surface area is 253 Å². The van der Waals surface area contributed by atoms with Gasteiger partial charge in [0, 0.05) is 44.1 Å². The molecule has 1 nitrogen and oxygen atoms in total. The minimum atomic E-state index is 0. The average Bonchev–Trinajstić information content (AvgIpc) is 3.03. The zero-order valence-corrected chi connectivity index (χ0v) is 24.1. The standard InChI is InChI=1S/C18H14N.3C6H5.Y/c1-4-10-16(11-5-1)19(17-12-6-2-7-13-17)18-14-8-3-9-15-18;3*1-2-4-6-5-3-1;/h1-2,4-15H;3*1-5H;/q4*-1;. The first-order chi connectivity index (χ1) is 18.4. The van der Waals surface area contributed by atoms with Crippen LogP contribution in [0.3, 0.4) is 0 Å². The molecule has 0 spiro atoms. The van der Waals surface area contributed by atoms with Crippen LogP contribution in [0.1, 0.15) is 0 Å². The molecule has 0 unspecified atom stereocenters. The van der Waals surface area contributed by atoms with Crippen LogP contribution in [0.25, 0.3) is 0 Å². The van der Waals surface area contributed by atoms with Gasteiger partial charge in [-0.1, -0.05) is 42.1 Å². The third kappa shape index (κ3) is 12.5. The Morgan fingerprint density at radius 1 is 0.289 bits per heavy atom. The van der Waals surface area contributed by atoms with E-state index >= 15 is 0 Å². The Hall–Kier alpha value is -3.78. The van der Waals surface area contributed by atoms with Gasteiger partial charge in [0.05, 0.1) is 0 Å². The van der Waals surface area contributed by atoms with Gasteiger partial charge >= 0.3 is 0 Å². The van der Waals surface area contributed by atoms with E-state index in [9.17, 15) is 0 Å². The largest absolute Gasteiger partial charge is 0.334 e. The fraction of sp³-hybridized carbons (Fsp3) is 0. The van der Waals surface area contributed by atoms with Gasteiger partial charge in [-0.2, -0.15) is 127 Å². The van der Waals surface area contributed by atoms with Gasteiger partial charge in [0.2, 0.25) is 0 Å². The summed E-state index contributed by atoms with van der Waals surface area (Å²) in [5.74, 6) is 0. The van der Waals surface area contributed by atoms with Crippen molar-refractivity contribution >= 4 is 17.1 Å². The Morgan fingerprint density at radius 2 is 0.553 bits per heavy atom. The second kappa shape index (κ2) is 20.3. The molecule has 0 aliphatic heterocycles. The molecule has 38 heavy (non-hydrogen) atoms. The third-order valence-corrected chi connectivity index (χ3v) is 4.81. The van der Waals surface area contributed by atoms with Crippen LogP contribution >= 0.6 is 0 Å². The van der Waals surface area contributed by atoms with E-state index in [2.05, 4.69) is 89.8 Å². The number of rotatable bonds is 3. The molecule has 6 aromatic rings. The Balaban J connectivity index is 0.000000217. The van der Waals surface area contributed by atoms with Crippen molar-refractivity contribution in [3.8, 4) is 0 Å². The number of benzene rings is 6. The molecular formula is C36H29NY-4. The first-order valence-corrected chi connectivity index (χ1v) is 12.0. The van der Waals surface area contributed by atoms with E-state index in [4.69, 9.17) is 0 Å². The summed E-state index contributed by atoms with van der Waals surface area (Å²) in [5.41, 5.74) is 3.44. The van der Waals surface area contributed by atoms with Crippen molar-refractivity contribution in [2.75, 3.05) is 4.90 Å². The summed E-state index contributed by atoms with van der Waals surface area (Å²) in [7, 11) is 0. The molecule has 0 bridgehead atoms. The topological polar surface area (TPSA) is 3.24 Å². The molecule has 6 rings (SSSR count). The molecule has 0 aliphatic carbocycles. The zero-order valence-electron chi connectivity index (χ0n) is 21.3. The molecule has 0 heterocycles. The van der Waals surface area contributed by atoms with Gasteiger partial charge in [-0.25, -0.2) is 0 Å². The molecule has 6 aromatic carbocycles. The minimum absolute atomic E-state index is 0. The molecule has 0 saturated heterocycles. The average molecular weight is 565 g/mol. The predicted molar refractivity (Wildman–Crippen MR) is 156 cm³/mol. The van der Waals surface area contributed by atoms with Crippen LogP contribution in [-0.2, 0) is 32.7 Å². The van der Waals surface area contributed by atoms with E-state index in [1.165, 1.54) is 0 Å². The van der Waals surface area contributed by atoms with Crippen LogP contribution in [0.15, 0.2) is 176 Å². The summed E-state index contributed by atoms with van der Waals surface area (Å²) in [4.78, 5) is 2.23. The number of hydrogen-bond donors (Lipinski definition) is 0. The van der Waals surface area contributed by atoms with Crippen LogP contribution in [-0.4, -0.2) is 0 Å². The molecule has 0 aromatic heterocycles. The quantitative estimate of drug-likeness (QED) is 0.194. The summed E-state index contributed by atoms with van der Waals surface area (Å²) < 4.78 is 0. The fourth-order valence-corrected chi connectivity index (χ4v) is 3.15. The maximum Gasteiger partial charge on any atom is 0.0438 e. The van der Waals surface area contributed by atoms with E-state index in [1.807, 2.05) is 115 Å². The number of hydrogen-bond acceptors (Lipinski definition) is 1.